The average molecular weight is 1470 g/mol. The van der Waals surface area contributed by atoms with E-state index < -0.39 is 47.7 Å². The maximum absolute atomic E-state index is 15.3. The van der Waals surface area contributed by atoms with E-state index in [4.69, 9.17) is 58.9 Å². The van der Waals surface area contributed by atoms with E-state index in [0.29, 0.717) is 52.5 Å². The number of carbonyl (C=O) groups is 3. The van der Waals surface area contributed by atoms with Gasteiger partial charge in [0.2, 0.25) is 0 Å². The number of fused-ring (bicyclic) bond motifs is 3. The number of carbonyl (C=O) groups excluding carboxylic acids is 2. The monoisotopic (exact) mass is 1470 g/mol. The molecule has 10 rings (SSSR count). The highest BCUT2D eigenvalue weighted by atomic mass is 79.9. The summed E-state index contributed by atoms with van der Waals surface area (Å²) >= 11 is 31.7. The number of hydrogen-bond donors (Lipinski definition) is 3. The molecule has 1 saturated heterocycles. The van der Waals surface area contributed by atoms with E-state index in [9.17, 15) is 29.0 Å². The first-order chi connectivity index (χ1) is 38.6. The third kappa shape index (κ3) is 17.0. The lowest BCUT2D eigenvalue weighted by molar-refractivity contribution is -0.144. The number of aliphatic hydroxyl groups excluding tert-OH is 2. The van der Waals surface area contributed by atoms with E-state index in [1.54, 1.807) is 60.7 Å². The fourth-order valence-corrected chi connectivity index (χ4v) is 12.2. The molecule has 0 spiro atoms. The Labute approximate surface area is 530 Å². The van der Waals surface area contributed by atoms with E-state index in [1.165, 1.54) is 6.07 Å². The largest absolute Gasteiger partial charge is 0.478 e. The van der Waals surface area contributed by atoms with E-state index in [-0.39, 0.29) is 127 Å². The number of carboxylic acids is 1. The van der Waals surface area contributed by atoms with Gasteiger partial charge in [0, 0.05) is 75.6 Å². The Balaban J connectivity index is 0.000000200. The van der Waals surface area contributed by atoms with Crippen molar-refractivity contribution in [2.24, 2.45) is 0 Å². The first kappa shape index (κ1) is 67.9. The van der Waals surface area contributed by atoms with Crippen LogP contribution in [0.25, 0.3) is 30.6 Å². The summed E-state index contributed by atoms with van der Waals surface area (Å²) in [7, 11) is 0. The number of rotatable bonds is 18. The van der Waals surface area contributed by atoms with Gasteiger partial charge in [0.1, 0.15) is 42.0 Å². The summed E-state index contributed by atoms with van der Waals surface area (Å²) in [4.78, 5) is 37.1. The maximum atomic E-state index is 15.3. The second kappa shape index (κ2) is 30.4. The average Bonchev–Trinajstić information content (AvgIpc) is 3.49. The fraction of sp³-hybridized carbons (Fsp3) is 0.278. The summed E-state index contributed by atoms with van der Waals surface area (Å²) in [6.07, 6.45) is -1.05. The number of aromatic carboxylic acids is 1. The van der Waals surface area contributed by atoms with Gasteiger partial charge in [-0.15, -0.1) is 27.7 Å². The maximum Gasteiger partial charge on any atom is 0.336 e. The van der Waals surface area contributed by atoms with Gasteiger partial charge in [-0.3, -0.25) is 9.59 Å². The molecule has 3 aromatic heterocycles. The lowest BCUT2D eigenvalue weighted by Crippen LogP contribution is -2.25. The third-order valence-electron chi connectivity index (χ3n) is 12.1. The zero-order valence-electron chi connectivity index (χ0n) is 42.4. The molecular weight excluding hydrogens is 1430 g/mol. The summed E-state index contributed by atoms with van der Waals surface area (Å²) in [6, 6.07) is 20.3. The van der Waals surface area contributed by atoms with Crippen molar-refractivity contribution < 1.29 is 61.8 Å². The number of aliphatic hydroxyl groups is 2. The predicted octanol–water partition coefficient (Wildman–Crippen LogP) is 14.2. The minimum Gasteiger partial charge on any atom is -0.478 e. The van der Waals surface area contributed by atoms with Gasteiger partial charge in [0.25, 0.3) is 0 Å². The van der Waals surface area contributed by atoms with Gasteiger partial charge in [-0.1, -0.05) is 122 Å². The van der Waals surface area contributed by atoms with Crippen LogP contribution in [0.4, 0.5) is 13.2 Å². The Morgan fingerprint density at radius 3 is 1.39 bits per heavy atom. The Hall–Kier alpha value is -4.26. The number of aromatic nitrogens is 6. The van der Waals surface area contributed by atoms with Crippen LogP contribution in [0.15, 0.2) is 86.2 Å². The zero-order chi connectivity index (χ0) is 58.3. The summed E-state index contributed by atoms with van der Waals surface area (Å²) in [6.45, 7) is 2.97. The normalized spacial score (nSPS) is 13.9. The highest BCUT2D eigenvalue weighted by molar-refractivity contribution is 9.11. The van der Waals surface area contributed by atoms with Gasteiger partial charge < -0.3 is 34.3 Å². The van der Waals surface area contributed by atoms with Crippen LogP contribution in [-0.4, -0.2) is 119 Å². The standard InChI is InChI=1S/C21H19BrClFN2O4S.C18H15BrClFN2O4S.C14H7BrClFN2O2S.CH4.ClH/c1-21(2)29-9-13(30-21)8-28-10-17(27)14-7-18-20(25-26-31-18)19(24)15(14)5-11-3-4-12(22)6-16(11)23;19-10-2-1-9(14(20)4-10)3-13-12(15(26)8-27-7-11(25)6-24)5-16-18(17(13)21)22-23-28-16;15-7-2-1-6(10(16)4-7)3-8-9(14(20)21)5-11-13(12(8)17)18-19-22-11;;/h3-4,6-7,13H,5,8-10H2,1-2H3;1-2,4-5,11,24-25H,3,6-8H2;1-2,4-5H,3H2,(H,20,21);1H4;1H. The van der Waals surface area contributed by atoms with Gasteiger partial charge in [-0.2, -0.15) is 0 Å². The number of halogens is 10. The van der Waals surface area contributed by atoms with Crippen LogP contribution >= 0.6 is 130 Å². The molecule has 440 valence electrons. The summed E-state index contributed by atoms with van der Waals surface area (Å²) in [5, 5.41) is 40.2. The molecule has 6 aromatic carbocycles. The molecule has 9 aromatic rings. The smallest absolute Gasteiger partial charge is 0.336 e. The van der Waals surface area contributed by atoms with Crippen molar-refractivity contribution >= 4 is 178 Å². The van der Waals surface area contributed by atoms with Crippen molar-refractivity contribution in [2.45, 2.75) is 58.5 Å². The Morgan fingerprint density at radius 2 is 1.04 bits per heavy atom. The van der Waals surface area contributed by atoms with E-state index in [0.717, 1.165) is 48.0 Å². The zero-order valence-corrected chi connectivity index (χ0v) is 52.7. The van der Waals surface area contributed by atoms with Crippen LogP contribution in [0.2, 0.25) is 15.1 Å². The van der Waals surface area contributed by atoms with E-state index in [2.05, 4.69) is 76.6 Å². The van der Waals surface area contributed by atoms with Gasteiger partial charge in [-0.05, 0) is 120 Å². The molecule has 1 aliphatic rings. The molecule has 1 fully saturated rings. The number of ketones is 2. The Morgan fingerprint density at radius 1 is 0.663 bits per heavy atom. The highest BCUT2D eigenvalue weighted by Gasteiger charge is 2.33. The number of benzene rings is 6. The molecule has 2 unspecified atom stereocenters. The van der Waals surface area contributed by atoms with Crippen LogP contribution in [0.5, 0.6) is 0 Å². The molecule has 0 bridgehead atoms. The highest BCUT2D eigenvalue weighted by Crippen LogP contribution is 2.35. The summed E-state index contributed by atoms with van der Waals surface area (Å²) in [5.74, 6) is -4.51. The summed E-state index contributed by atoms with van der Waals surface area (Å²) in [5.41, 5.74) is 3.01. The molecule has 83 heavy (non-hydrogen) atoms. The summed E-state index contributed by atoms with van der Waals surface area (Å²) < 4.78 is 81.9. The van der Waals surface area contributed by atoms with Gasteiger partial charge >= 0.3 is 5.97 Å². The van der Waals surface area contributed by atoms with Crippen molar-refractivity contribution in [1.29, 1.82) is 0 Å². The first-order valence-electron chi connectivity index (χ1n) is 23.8. The third-order valence-corrected chi connectivity index (χ3v) is 16.6. The molecule has 2 atom stereocenters. The second-order valence-corrected chi connectivity index (χ2v) is 24.5. The van der Waals surface area contributed by atoms with Crippen molar-refractivity contribution in [3.05, 3.63) is 169 Å². The number of ether oxygens (including phenoxy) is 4. The van der Waals surface area contributed by atoms with Gasteiger partial charge in [0.05, 0.1) is 46.1 Å². The Bertz CT molecular complexity index is 3830. The second-order valence-electron chi connectivity index (χ2n) is 18.2. The lowest BCUT2D eigenvalue weighted by Gasteiger charge is -2.17. The minimum atomic E-state index is -1.20. The van der Waals surface area contributed by atoms with Crippen LogP contribution < -0.4 is 0 Å². The van der Waals surface area contributed by atoms with Crippen molar-refractivity contribution in [2.75, 3.05) is 39.6 Å². The van der Waals surface area contributed by atoms with E-state index >= 15 is 8.78 Å². The number of hydrogen-bond acceptors (Lipinski definition) is 18. The van der Waals surface area contributed by atoms with E-state index in [1.807, 2.05) is 19.9 Å². The predicted molar refractivity (Wildman–Crippen MR) is 327 cm³/mol. The van der Waals surface area contributed by atoms with Crippen molar-refractivity contribution in [3.63, 3.8) is 0 Å². The number of nitrogens with zero attached hydrogens (tertiary/aromatic N) is 6. The molecule has 0 amide bonds. The van der Waals surface area contributed by atoms with Crippen molar-refractivity contribution in [1.82, 2.24) is 28.8 Å². The van der Waals surface area contributed by atoms with Gasteiger partial charge in [-0.25, -0.2) is 18.0 Å². The first-order valence-corrected chi connectivity index (χ1v) is 29.6. The van der Waals surface area contributed by atoms with Crippen molar-refractivity contribution in [3.8, 4) is 0 Å². The molecule has 0 aliphatic carbocycles. The molecule has 0 radical (unpaired) electrons. The minimum absolute atomic E-state index is 0. The SMILES string of the molecule is C.CC1(C)OCC(COCC(=O)c2cc3snnc3c(F)c2Cc2ccc(Br)cc2Cl)O1.Cl.O=C(COCC(O)CO)c1cc2snnc2c(F)c1Cc1ccc(Br)cc1Cl.O=C(O)c1cc2snnc2c(F)c1Cc1ccc(Br)cc1Cl. The molecule has 29 heteroatoms. The Kier molecular flexibility index (Phi) is 24.8. The lowest BCUT2D eigenvalue weighted by atomic mass is 9.96. The molecule has 16 nitrogen and oxygen atoms in total. The number of carboxylic acid groups (broad SMARTS) is 1. The van der Waals surface area contributed by atoms with Crippen LogP contribution in [0, 0.1) is 17.5 Å². The molecular formula is C54H46Br3Cl4F3N6O10S3. The van der Waals surface area contributed by atoms with Crippen LogP contribution in [-0.2, 0) is 38.2 Å². The molecule has 3 N–H and O–H groups in total. The topological polar surface area (TPSA) is 226 Å². The van der Waals surface area contributed by atoms with Gasteiger partial charge in [0.15, 0.2) is 34.8 Å². The molecule has 0 saturated carbocycles. The van der Waals surface area contributed by atoms with Crippen LogP contribution in [0.1, 0.15) is 85.7 Å². The quantitative estimate of drug-likeness (QED) is 0.0679. The fourth-order valence-electron chi connectivity index (χ4n) is 8.17. The molecule has 1 aliphatic heterocycles. The van der Waals surface area contributed by atoms with Crippen LogP contribution in [0.3, 0.4) is 0 Å². The number of Topliss-reactive ketones (excluding diaryl/α,β-unsaturated/α-hetero) is 2. The molecule has 4 heterocycles.